The van der Waals surface area contributed by atoms with Crippen molar-refractivity contribution in [2.24, 2.45) is 11.8 Å². The van der Waals surface area contributed by atoms with Crippen LogP contribution in [0.25, 0.3) is 0 Å². The van der Waals surface area contributed by atoms with Crippen molar-refractivity contribution in [1.29, 1.82) is 0 Å². The van der Waals surface area contributed by atoms with Gasteiger partial charge in [0.05, 0.1) is 0 Å². The van der Waals surface area contributed by atoms with E-state index in [-0.39, 0.29) is 11.8 Å². The van der Waals surface area contributed by atoms with E-state index in [0.717, 1.165) is 19.0 Å². The summed E-state index contributed by atoms with van der Waals surface area (Å²) in [6.07, 6.45) is 8.04. The van der Waals surface area contributed by atoms with Crippen LogP contribution in [0.2, 0.25) is 0 Å². The Morgan fingerprint density at radius 1 is 1.16 bits per heavy atom. The molecule has 1 heterocycles. The van der Waals surface area contributed by atoms with Crippen LogP contribution in [0.15, 0.2) is 0 Å². The lowest BCUT2D eigenvalue weighted by Crippen LogP contribution is -2.54. The van der Waals surface area contributed by atoms with E-state index in [1.807, 2.05) is 13.8 Å². The molecule has 0 aromatic carbocycles. The lowest BCUT2D eigenvalue weighted by atomic mass is 9.89. The van der Waals surface area contributed by atoms with Gasteiger partial charge < -0.3 is 5.32 Å². The van der Waals surface area contributed by atoms with Crippen LogP contribution in [-0.4, -0.2) is 36.0 Å². The fraction of sp³-hybridized carbons (Fsp3) is 0.938. The molecule has 0 aromatic heterocycles. The third kappa shape index (κ3) is 4.20. The number of amides is 1. The Balaban J connectivity index is 1.89. The van der Waals surface area contributed by atoms with Gasteiger partial charge in [0.1, 0.15) is 0 Å². The molecule has 2 fully saturated rings. The Morgan fingerprint density at radius 3 is 2.47 bits per heavy atom. The molecule has 0 bridgehead atoms. The molecule has 2 aliphatic rings. The van der Waals surface area contributed by atoms with Crippen LogP contribution >= 0.6 is 0 Å². The average molecular weight is 266 g/mol. The van der Waals surface area contributed by atoms with Gasteiger partial charge in [-0.15, -0.1) is 0 Å². The van der Waals surface area contributed by atoms with Crippen molar-refractivity contribution in [3.8, 4) is 0 Å². The van der Waals surface area contributed by atoms with Gasteiger partial charge in [-0.05, 0) is 25.2 Å². The van der Waals surface area contributed by atoms with Gasteiger partial charge in [0, 0.05) is 31.1 Å². The highest BCUT2D eigenvalue weighted by Gasteiger charge is 2.30. The van der Waals surface area contributed by atoms with Gasteiger partial charge in [-0.1, -0.05) is 40.0 Å². The van der Waals surface area contributed by atoms with Crippen LogP contribution < -0.4 is 5.32 Å². The zero-order chi connectivity index (χ0) is 13.8. The van der Waals surface area contributed by atoms with Crippen LogP contribution in [0.5, 0.6) is 0 Å². The van der Waals surface area contributed by atoms with E-state index < -0.39 is 0 Å². The topological polar surface area (TPSA) is 32.3 Å². The van der Waals surface area contributed by atoms with Gasteiger partial charge in [0.25, 0.3) is 0 Å². The molecule has 1 saturated heterocycles. The molecule has 0 radical (unpaired) electrons. The second kappa shape index (κ2) is 6.74. The number of hydrogen-bond acceptors (Lipinski definition) is 2. The Kier molecular flexibility index (Phi) is 5.26. The standard InChI is InChI=1S/C16H30N2O/c1-12(2)16(19)17-14-9-13(3)10-18(11-14)15-7-5-4-6-8-15/h12-15H,4-11H2,1-3H3,(H,17,19). The Morgan fingerprint density at radius 2 is 1.84 bits per heavy atom. The van der Waals surface area contributed by atoms with Crippen LogP contribution in [0.4, 0.5) is 0 Å². The lowest BCUT2D eigenvalue weighted by Gasteiger charge is -2.42. The number of piperidine rings is 1. The van der Waals surface area contributed by atoms with E-state index in [9.17, 15) is 4.79 Å². The first-order chi connectivity index (χ1) is 9.06. The monoisotopic (exact) mass is 266 g/mol. The normalized spacial score (nSPS) is 30.5. The van der Waals surface area contributed by atoms with Crippen LogP contribution in [0.3, 0.4) is 0 Å². The predicted molar refractivity (Wildman–Crippen MR) is 79.0 cm³/mol. The summed E-state index contributed by atoms with van der Waals surface area (Å²) in [7, 11) is 0. The molecular weight excluding hydrogens is 236 g/mol. The zero-order valence-corrected chi connectivity index (χ0v) is 12.8. The van der Waals surface area contributed by atoms with Crippen molar-refractivity contribution in [2.75, 3.05) is 13.1 Å². The molecule has 1 amide bonds. The predicted octanol–water partition coefficient (Wildman–Crippen LogP) is 2.80. The van der Waals surface area contributed by atoms with Crippen molar-refractivity contribution in [2.45, 2.75) is 71.4 Å². The van der Waals surface area contributed by atoms with E-state index >= 15 is 0 Å². The summed E-state index contributed by atoms with van der Waals surface area (Å²) in [6.45, 7) is 8.55. The maximum absolute atomic E-state index is 11.9. The summed E-state index contributed by atoms with van der Waals surface area (Å²) in [4.78, 5) is 14.5. The largest absolute Gasteiger partial charge is 0.352 e. The fourth-order valence-corrected chi connectivity index (χ4v) is 3.61. The second-order valence-corrected chi connectivity index (χ2v) is 6.95. The van der Waals surface area contributed by atoms with Gasteiger partial charge in [0.2, 0.25) is 5.91 Å². The van der Waals surface area contributed by atoms with Crippen LogP contribution in [-0.2, 0) is 4.79 Å². The van der Waals surface area contributed by atoms with E-state index in [1.165, 1.54) is 38.6 Å². The minimum atomic E-state index is 0.0976. The van der Waals surface area contributed by atoms with Crippen molar-refractivity contribution in [1.82, 2.24) is 10.2 Å². The Labute approximate surface area is 118 Å². The highest BCUT2D eigenvalue weighted by Crippen LogP contribution is 2.27. The van der Waals surface area contributed by atoms with E-state index in [0.29, 0.717) is 12.0 Å². The molecule has 110 valence electrons. The summed E-state index contributed by atoms with van der Waals surface area (Å²) in [5.74, 6) is 1.01. The van der Waals surface area contributed by atoms with Crippen LogP contribution in [0, 0.1) is 11.8 Å². The highest BCUT2D eigenvalue weighted by atomic mass is 16.1. The number of hydrogen-bond donors (Lipinski definition) is 1. The van der Waals surface area contributed by atoms with Gasteiger partial charge in [0.15, 0.2) is 0 Å². The number of likely N-dealkylation sites (tertiary alicyclic amines) is 1. The van der Waals surface area contributed by atoms with Crippen molar-refractivity contribution in [3.63, 3.8) is 0 Å². The molecule has 1 saturated carbocycles. The third-order valence-corrected chi connectivity index (χ3v) is 4.65. The van der Waals surface area contributed by atoms with E-state index in [1.54, 1.807) is 0 Å². The molecule has 19 heavy (non-hydrogen) atoms. The van der Waals surface area contributed by atoms with Crippen molar-refractivity contribution >= 4 is 5.91 Å². The minimum Gasteiger partial charge on any atom is -0.352 e. The Hall–Kier alpha value is -0.570. The smallest absolute Gasteiger partial charge is 0.222 e. The molecule has 0 spiro atoms. The minimum absolute atomic E-state index is 0.0976. The molecule has 2 unspecified atom stereocenters. The summed E-state index contributed by atoms with van der Waals surface area (Å²) in [5.41, 5.74) is 0. The zero-order valence-electron chi connectivity index (χ0n) is 12.8. The maximum atomic E-state index is 11.9. The molecule has 1 aliphatic heterocycles. The second-order valence-electron chi connectivity index (χ2n) is 6.95. The molecule has 3 nitrogen and oxygen atoms in total. The number of nitrogens with one attached hydrogen (secondary N) is 1. The summed E-state index contributed by atoms with van der Waals surface area (Å²) >= 11 is 0. The molecule has 1 N–H and O–H groups in total. The van der Waals surface area contributed by atoms with Crippen LogP contribution in [0.1, 0.15) is 59.3 Å². The van der Waals surface area contributed by atoms with Gasteiger partial charge in [-0.25, -0.2) is 0 Å². The SMILES string of the molecule is CC1CC(NC(=O)C(C)C)CN(C2CCCCC2)C1. The molecule has 3 heteroatoms. The highest BCUT2D eigenvalue weighted by molar-refractivity contribution is 5.78. The number of carbonyl (C=O) groups is 1. The van der Waals surface area contributed by atoms with E-state index in [2.05, 4.69) is 17.1 Å². The summed E-state index contributed by atoms with van der Waals surface area (Å²) < 4.78 is 0. The van der Waals surface area contributed by atoms with Gasteiger partial charge in [-0.3, -0.25) is 9.69 Å². The third-order valence-electron chi connectivity index (χ3n) is 4.65. The summed E-state index contributed by atoms with van der Waals surface area (Å²) in [6, 6.07) is 1.13. The number of nitrogens with zero attached hydrogens (tertiary/aromatic N) is 1. The van der Waals surface area contributed by atoms with Crippen molar-refractivity contribution in [3.05, 3.63) is 0 Å². The molecular formula is C16H30N2O. The first kappa shape index (κ1) is 14.8. The Bertz CT molecular complexity index is 297. The van der Waals surface area contributed by atoms with Gasteiger partial charge >= 0.3 is 0 Å². The molecule has 2 rings (SSSR count). The van der Waals surface area contributed by atoms with E-state index in [4.69, 9.17) is 0 Å². The molecule has 2 atom stereocenters. The van der Waals surface area contributed by atoms with Gasteiger partial charge in [-0.2, -0.15) is 0 Å². The maximum Gasteiger partial charge on any atom is 0.222 e. The van der Waals surface area contributed by atoms with Crippen molar-refractivity contribution < 1.29 is 4.79 Å². The fourth-order valence-electron chi connectivity index (χ4n) is 3.61. The quantitative estimate of drug-likeness (QED) is 0.852. The number of rotatable bonds is 3. The lowest BCUT2D eigenvalue weighted by molar-refractivity contribution is -0.125. The molecule has 1 aliphatic carbocycles. The molecule has 0 aromatic rings. The first-order valence-corrected chi connectivity index (χ1v) is 8.10. The summed E-state index contributed by atoms with van der Waals surface area (Å²) in [5, 5.41) is 3.24. The number of carbonyl (C=O) groups excluding carboxylic acids is 1. The first-order valence-electron chi connectivity index (χ1n) is 8.10. The average Bonchev–Trinajstić information content (AvgIpc) is 2.39.